The van der Waals surface area contributed by atoms with Crippen molar-refractivity contribution in [2.45, 2.75) is 6.42 Å². The van der Waals surface area contributed by atoms with Gasteiger partial charge in [-0.2, -0.15) is 0 Å². The lowest BCUT2D eigenvalue weighted by molar-refractivity contribution is 0.151. The van der Waals surface area contributed by atoms with Crippen molar-refractivity contribution in [3.05, 3.63) is 37.2 Å². The maximum atomic E-state index is 11.0. The van der Waals surface area contributed by atoms with Gasteiger partial charge < -0.3 is 4.74 Å². The Morgan fingerprint density at radius 1 is 1.62 bits per heavy atom. The number of amides is 1. The van der Waals surface area contributed by atoms with E-state index in [0.29, 0.717) is 5.92 Å². The highest BCUT2D eigenvalue weighted by molar-refractivity contribution is 5.70. The fourth-order valence-corrected chi connectivity index (χ4v) is 1.10. The second kappa shape index (κ2) is 4.50. The van der Waals surface area contributed by atoms with Crippen molar-refractivity contribution in [2.24, 2.45) is 5.92 Å². The zero-order valence-corrected chi connectivity index (χ0v) is 7.64. The van der Waals surface area contributed by atoms with E-state index in [1.54, 1.807) is 12.4 Å². The molecule has 0 radical (unpaired) electrons. The molecular formula is C10H13NO2. The zero-order chi connectivity index (χ0) is 9.68. The molecule has 13 heavy (non-hydrogen) atoms. The van der Waals surface area contributed by atoms with Crippen molar-refractivity contribution in [3.8, 4) is 0 Å². The smallest absolute Gasteiger partial charge is 0.417 e. The summed E-state index contributed by atoms with van der Waals surface area (Å²) in [6.45, 7) is 3.65. The van der Waals surface area contributed by atoms with E-state index in [2.05, 4.69) is 11.3 Å². The van der Waals surface area contributed by atoms with Gasteiger partial charge >= 0.3 is 6.09 Å². The van der Waals surface area contributed by atoms with Crippen molar-refractivity contribution < 1.29 is 9.53 Å². The van der Waals surface area contributed by atoms with Gasteiger partial charge in [0, 0.05) is 18.3 Å². The molecule has 1 rings (SSSR count). The van der Waals surface area contributed by atoms with Gasteiger partial charge in [0.15, 0.2) is 0 Å². The van der Waals surface area contributed by atoms with E-state index in [9.17, 15) is 4.79 Å². The molecule has 0 aliphatic carbocycles. The number of allylic oxidation sites excluding steroid dienone is 3. The number of ether oxygens (including phenoxy) is 1. The average Bonchev–Trinajstić information content (AvgIpc) is 2.18. The Bertz CT molecular complexity index is 242. The van der Waals surface area contributed by atoms with Crippen LogP contribution >= 0.6 is 0 Å². The molecule has 1 aliphatic rings. The van der Waals surface area contributed by atoms with Crippen LogP contribution in [0.15, 0.2) is 37.2 Å². The summed E-state index contributed by atoms with van der Waals surface area (Å²) in [5.74, 6) is 0.346. The average molecular weight is 179 g/mol. The van der Waals surface area contributed by atoms with E-state index < -0.39 is 0 Å². The molecule has 0 saturated carbocycles. The highest BCUT2D eigenvalue weighted by Gasteiger charge is 2.11. The van der Waals surface area contributed by atoms with Crippen LogP contribution in [0, 0.1) is 5.92 Å². The van der Waals surface area contributed by atoms with Crippen LogP contribution < -0.4 is 0 Å². The van der Waals surface area contributed by atoms with Crippen LogP contribution in [0.3, 0.4) is 0 Å². The molecule has 0 unspecified atom stereocenters. The Hall–Kier alpha value is -1.51. The lowest BCUT2D eigenvalue weighted by Gasteiger charge is -2.17. The molecule has 0 aromatic carbocycles. The van der Waals surface area contributed by atoms with Gasteiger partial charge in [-0.3, -0.25) is 4.90 Å². The molecular weight excluding hydrogens is 166 g/mol. The molecule has 0 saturated heterocycles. The molecule has 0 aromatic rings. The maximum Gasteiger partial charge on any atom is 0.417 e. The normalized spacial score (nSPS) is 15.9. The van der Waals surface area contributed by atoms with Gasteiger partial charge in [0.05, 0.1) is 7.11 Å². The third-order valence-corrected chi connectivity index (χ3v) is 1.81. The SMILES string of the molecule is C=CCC1C=CN(C(=O)OC)C=C1. The van der Waals surface area contributed by atoms with Gasteiger partial charge in [0.2, 0.25) is 0 Å². The number of carbonyl (C=O) groups excluding carboxylic acids is 1. The van der Waals surface area contributed by atoms with E-state index in [1.807, 2.05) is 18.2 Å². The molecule has 1 heterocycles. The molecule has 0 bridgehead atoms. The number of hydrogen-bond donors (Lipinski definition) is 0. The number of methoxy groups -OCH3 is 1. The van der Waals surface area contributed by atoms with Gasteiger partial charge in [-0.1, -0.05) is 18.2 Å². The fraction of sp³-hybridized carbons (Fsp3) is 0.300. The standard InChI is InChI=1S/C10H13NO2/c1-3-4-9-5-7-11(8-6-9)10(12)13-2/h3,5-9H,1,4H2,2H3. The Morgan fingerprint density at radius 2 is 2.23 bits per heavy atom. The number of carbonyl (C=O) groups is 1. The maximum absolute atomic E-state index is 11.0. The van der Waals surface area contributed by atoms with Gasteiger partial charge in [-0.05, 0) is 6.42 Å². The first-order valence-corrected chi connectivity index (χ1v) is 4.11. The van der Waals surface area contributed by atoms with Crippen molar-refractivity contribution >= 4 is 6.09 Å². The van der Waals surface area contributed by atoms with Gasteiger partial charge in [-0.15, -0.1) is 6.58 Å². The molecule has 0 spiro atoms. The molecule has 1 amide bonds. The molecule has 0 N–H and O–H groups in total. The van der Waals surface area contributed by atoms with Crippen LogP contribution in [-0.2, 0) is 4.74 Å². The van der Waals surface area contributed by atoms with Gasteiger partial charge in [0.25, 0.3) is 0 Å². The molecule has 3 nitrogen and oxygen atoms in total. The summed E-state index contributed by atoms with van der Waals surface area (Å²) in [6, 6.07) is 0. The molecule has 0 aromatic heterocycles. The monoisotopic (exact) mass is 179 g/mol. The Labute approximate surface area is 78.0 Å². The van der Waals surface area contributed by atoms with E-state index in [4.69, 9.17) is 0 Å². The van der Waals surface area contributed by atoms with Crippen LogP contribution in [-0.4, -0.2) is 18.1 Å². The lowest BCUT2D eigenvalue weighted by atomic mass is 10.0. The highest BCUT2D eigenvalue weighted by Crippen LogP contribution is 2.14. The summed E-state index contributed by atoms with van der Waals surface area (Å²) in [5.41, 5.74) is 0. The van der Waals surface area contributed by atoms with Crippen molar-refractivity contribution in [2.75, 3.05) is 7.11 Å². The number of rotatable bonds is 2. The minimum absolute atomic E-state index is 0.346. The second-order valence-corrected chi connectivity index (χ2v) is 2.75. The summed E-state index contributed by atoms with van der Waals surface area (Å²) < 4.78 is 4.55. The quantitative estimate of drug-likeness (QED) is 0.608. The first-order chi connectivity index (χ1) is 6.27. The van der Waals surface area contributed by atoms with Crippen LogP contribution in [0.2, 0.25) is 0 Å². The Morgan fingerprint density at radius 3 is 2.69 bits per heavy atom. The third kappa shape index (κ3) is 2.47. The fourth-order valence-electron chi connectivity index (χ4n) is 1.10. The minimum atomic E-state index is -0.371. The second-order valence-electron chi connectivity index (χ2n) is 2.75. The largest absolute Gasteiger partial charge is 0.452 e. The highest BCUT2D eigenvalue weighted by atomic mass is 16.5. The minimum Gasteiger partial charge on any atom is -0.452 e. The van der Waals surface area contributed by atoms with Crippen LogP contribution in [0.4, 0.5) is 4.79 Å². The molecule has 70 valence electrons. The topological polar surface area (TPSA) is 29.5 Å². The number of hydrogen-bond acceptors (Lipinski definition) is 2. The predicted molar refractivity (Wildman–Crippen MR) is 50.8 cm³/mol. The molecule has 1 aliphatic heterocycles. The molecule has 3 heteroatoms. The van der Waals surface area contributed by atoms with E-state index in [0.717, 1.165) is 6.42 Å². The first kappa shape index (κ1) is 9.58. The third-order valence-electron chi connectivity index (χ3n) is 1.81. The summed E-state index contributed by atoms with van der Waals surface area (Å²) in [5, 5.41) is 0. The summed E-state index contributed by atoms with van der Waals surface area (Å²) in [7, 11) is 1.36. The van der Waals surface area contributed by atoms with E-state index >= 15 is 0 Å². The zero-order valence-electron chi connectivity index (χ0n) is 7.64. The van der Waals surface area contributed by atoms with Crippen LogP contribution in [0.25, 0.3) is 0 Å². The van der Waals surface area contributed by atoms with Crippen LogP contribution in [0.1, 0.15) is 6.42 Å². The molecule has 0 fully saturated rings. The summed E-state index contributed by atoms with van der Waals surface area (Å²) in [6.07, 6.45) is 9.68. The van der Waals surface area contributed by atoms with E-state index in [-0.39, 0.29) is 6.09 Å². The van der Waals surface area contributed by atoms with Crippen LogP contribution in [0.5, 0.6) is 0 Å². The lowest BCUT2D eigenvalue weighted by Crippen LogP contribution is -2.21. The van der Waals surface area contributed by atoms with E-state index in [1.165, 1.54) is 12.0 Å². The summed E-state index contributed by atoms with van der Waals surface area (Å²) >= 11 is 0. The number of nitrogens with zero attached hydrogens (tertiary/aromatic N) is 1. The van der Waals surface area contributed by atoms with Crippen molar-refractivity contribution in [1.29, 1.82) is 0 Å². The van der Waals surface area contributed by atoms with Crippen molar-refractivity contribution in [1.82, 2.24) is 4.90 Å². The molecule has 0 atom stereocenters. The Kier molecular flexibility index (Phi) is 3.31. The van der Waals surface area contributed by atoms with Crippen molar-refractivity contribution in [3.63, 3.8) is 0 Å². The van der Waals surface area contributed by atoms with Gasteiger partial charge in [-0.25, -0.2) is 4.79 Å². The summed E-state index contributed by atoms with van der Waals surface area (Å²) in [4.78, 5) is 12.4. The predicted octanol–water partition coefficient (Wildman–Crippen LogP) is 2.29. The van der Waals surface area contributed by atoms with Gasteiger partial charge in [0.1, 0.15) is 0 Å². The first-order valence-electron chi connectivity index (χ1n) is 4.11. The Balaban J connectivity index is 2.52.